The Morgan fingerprint density at radius 3 is 2.58 bits per heavy atom. The number of likely N-dealkylation sites (N-methyl/N-ethyl adjacent to an activating group) is 2. The number of hydrogen-bond donors (Lipinski definition) is 0. The van der Waals surface area contributed by atoms with Crippen LogP contribution < -0.4 is 0 Å². The molecular weight excluding hydrogens is 288 g/mol. The lowest BCUT2D eigenvalue weighted by Crippen LogP contribution is -2.33. The van der Waals surface area contributed by atoms with E-state index in [2.05, 4.69) is 5.10 Å². The molecule has 0 aliphatic rings. The zero-order chi connectivity index (χ0) is 14.5. The topological polar surface area (TPSA) is 58.4 Å². The summed E-state index contributed by atoms with van der Waals surface area (Å²) in [5.41, 5.74) is 0. The summed E-state index contributed by atoms with van der Waals surface area (Å²) in [7, 11) is 1.94. The number of hydrogen-bond acceptors (Lipinski definition) is 4. The van der Waals surface area contributed by atoms with Crippen LogP contribution >= 0.6 is 11.6 Å². The highest BCUT2D eigenvalue weighted by atomic mass is 35.5. The van der Waals surface area contributed by atoms with Gasteiger partial charge in [-0.2, -0.15) is 9.40 Å². The Kier molecular flexibility index (Phi) is 6.25. The Bertz CT molecular complexity index is 487. The van der Waals surface area contributed by atoms with E-state index in [4.69, 9.17) is 11.6 Å². The molecule has 0 aliphatic heterocycles. The molecule has 1 rings (SSSR count). The number of nitrogens with zero attached hydrogens (tertiary/aromatic N) is 4. The molecule has 0 saturated carbocycles. The third-order valence-corrected chi connectivity index (χ3v) is 4.78. The van der Waals surface area contributed by atoms with E-state index in [-0.39, 0.29) is 4.90 Å². The van der Waals surface area contributed by atoms with Crippen molar-refractivity contribution in [2.75, 3.05) is 40.1 Å². The minimum Gasteiger partial charge on any atom is -0.308 e. The SMILES string of the molecule is CN(C)CCN(C)S(=O)(=O)c1cnn(CCCCl)c1. The fourth-order valence-corrected chi connectivity index (χ4v) is 2.70. The zero-order valence-electron chi connectivity index (χ0n) is 11.6. The summed E-state index contributed by atoms with van der Waals surface area (Å²) < 4.78 is 27.5. The van der Waals surface area contributed by atoms with Crippen molar-refractivity contribution in [1.82, 2.24) is 19.0 Å². The largest absolute Gasteiger partial charge is 0.308 e. The molecule has 0 amide bonds. The monoisotopic (exact) mass is 308 g/mol. The van der Waals surface area contributed by atoms with Gasteiger partial charge >= 0.3 is 0 Å². The fourth-order valence-electron chi connectivity index (χ4n) is 1.46. The van der Waals surface area contributed by atoms with Gasteiger partial charge in [0.15, 0.2) is 0 Å². The molecule has 8 heteroatoms. The quantitative estimate of drug-likeness (QED) is 0.663. The summed E-state index contributed by atoms with van der Waals surface area (Å²) in [5.74, 6) is 0.532. The standard InChI is InChI=1S/C11H21ClN4O2S/c1-14(2)7-8-15(3)19(17,18)11-9-13-16(10-11)6-4-5-12/h9-10H,4-8H2,1-3H3. The molecule has 0 radical (unpaired) electrons. The smallest absolute Gasteiger partial charge is 0.245 e. The van der Waals surface area contributed by atoms with Crippen molar-refractivity contribution in [3.63, 3.8) is 0 Å². The highest BCUT2D eigenvalue weighted by Crippen LogP contribution is 2.13. The van der Waals surface area contributed by atoms with E-state index in [1.807, 2.05) is 19.0 Å². The lowest BCUT2D eigenvalue weighted by Gasteiger charge is -2.18. The van der Waals surface area contributed by atoms with Crippen LogP contribution in [0.2, 0.25) is 0 Å². The molecule has 0 atom stereocenters. The molecule has 110 valence electrons. The first-order chi connectivity index (χ1) is 8.87. The lowest BCUT2D eigenvalue weighted by molar-refractivity contribution is 0.358. The minimum atomic E-state index is -3.45. The molecule has 1 aromatic heterocycles. The van der Waals surface area contributed by atoms with Crippen molar-refractivity contribution in [3.8, 4) is 0 Å². The van der Waals surface area contributed by atoms with Crippen molar-refractivity contribution >= 4 is 21.6 Å². The fraction of sp³-hybridized carbons (Fsp3) is 0.727. The molecule has 0 aromatic carbocycles. The number of halogens is 1. The summed E-state index contributed by atoms with van der Waals surface area (Å²) >= 11 is 5.60. The summed E-state index contributed by atoms with van der Waals surface area (Å²) in [4.78, 5) is 2.17. The van der Waals surface area contributed by atoms with Gasteiger partial charge in [-0.3, -0.25) is 4.68 Å². The summed E-state index contributed by atoms with van der Waals surface area (Å²) in [6.07, 6.45) is 3.70. The molecule has 1 heterocycles. The molecule has 19 heavy (non-hydrogen) atoms. The molecule has 0 aliphatic carbocycles. The van der Waals surface area contributed by atoms with E-state index < -0.39 is 10.0 Å². The normalized spacial score (nSPS) is 12.5. The number of alkyl halides is 1. The van der Waals surface area contributed by atoms with Gasteiger partial charge in [0.1, 0.15) is 4.90 Å². The summed E-state index contributed by atoms with van der Waals surface area (Å²) in [6, 6.07) is 0. The van der Waals surface area contributed by atoms with E-state index in [1.54, 1.807) is 17.9 Å². The number of sulfonamides is 1. The third-order valence-electron chi connectivity index (χ3n) is 2.70. The number of aromatic nitrogens is 2. The van der Waals surface area contributed by atoms with Crippen LogP contribution in [0.3, 0.4) is 0 Å². The van der Waals surface area contributed by atoms with Gasteiger partial charge in [-0.25, -0.2) is 8.42 Å². The highest BCUT2D eigenvalue weighted by molar-refractivity contribution is 7.89. The van der Waals surface area contributed by atoms with Crippen LogP contribution in [-0.4, -0.2) is 67.5 Å². The Morgan fingerprint density at radius 2 is 2.00 bits per heavy atom. The van der Waals surface area contributed by atoms with Crippen LogP contribution in [0, 0.1) is 0 Å². The van der Waals surface area contributed by atoms with Crippen molar-refractivity contribution in [2.45, 2.75) is 17.9 Å². The third kappa shape index (κ3) is 4.76. The van der Waals surface area contributed by atoms with Gasteiger partial charge in [-0.05, 0) is 20.5 Å². The van der Waals surface area contributed by atoms with Crippen LogP contribution in [0.15, 0.2) is 17.3 Å². The maximum Gasteiger partial charge on any atom is 0.245 e. The second-order valence-electron chi connectivity index (χ2n) is 4.61. The van der Waals surface area contributed by atoms with E-state index in [9.17, 15) is 8.42 Å². The Balaban J connectivity index is 2.73. The second-order valence-corrected chi connectivity index (χ2v) is 7.03. The lowest BCUT2D eigenvalue weighted by atomic mass is 10.5. The van der Waals surface area contributed by atoms with Crippen LogP contribution in [0.25, 0.3) is 0 Å². The van der Waals surface area contributed by atoms with Gasteiger partial charge in [-0.15, -0.1) is 11.6 Å². The van der Waals surface area contributed by atoms with Crippen LogP contribution in [-0.2, 0) is 16.6 Å². The molecule has 0 spiro atoms. The van der Waals surface area contributed by atoms with Crippen LogP contribution in [0.1, 0.15) is 6.42 Å². The van der Waals surface area contributed by atoms with E-state index in [0.717, 1.165) is 6.42 Å². The number of aryl methyl sites for hydroxylation is 1. The van der Waals surface area contributed by atoms with E-state index in [0.29, 0.717) is 25.5 Å². The predicted octanol–water partition coefficient (Wildman–Crippen LogP) is 0.694. The second kappa shape index (κ2) is 7.23. The summed E-state index contributed by atoms with van der Waals surface area (Å²) in [6.45, 7) is 1.75. The first-order valence-electron chi connectivity index (χ1n) is 6.07. The molecule has 0 saturated heterocycles. The number of rotatable bonds is 8. The molecule has 0 unspecified atom stereocenters. The molecule has 0 fully saturated rings. The van der Waals surface area contributed by atoms with Gasteiger partial charge in [0.05, 0.1) is 6.20 Å². The minimum absolute atomic E-state index is 0.225. The zero-order valence-corrected chi connectivity index (χ0v) is 13.2. The van der Waals surface area contributed by atoms with Gasteiger partial charge in [0.2, 0.25) is 10.0 Å². The first kappa shape index (κ1) is 16.4. The van der Waals surface area contributed by atoms with Crippen molar-refractivity contribution in [3.05, 3.63) is 12.4 Å². The van der Waals surface area contributed by atoms with E-state index in [1.165, 1.54) is 10.5 Å². The molecule has 0 bridgehead atoms. The molecule has 1 aromatic rings. The summed E-state index contributed by atoms with van der Waals surface area (Å²) in [5, 5.41) is 4.04. The molecule has 6 nitrogen and oxygen atoms in total. The van der Waals surface area contributed by atoms with Crippen LogP contribution in [0.4, 0.5) is 0 Å². The predicted molar refractivity (Wildman–Crippen MR) is 75.9 cm³/mol. The Morgan fingerprint density at radius 1 is 1.32 bits per heavy atom. The van der Waals surface area contributed by atoms with Crippen molar-refractivity contribution in [1.29, 1.82) is 0 Å². The van der Waals surface area contributed by atoms with Crippen LogP contribution in [0.5, 0.6) is 0 Å². The highest BCUT2D eigenvalue weighted by Gasteiger charge is 2.22. The van der Waals surface area contributed by atoms with Gasteiger partial charge in [0, 0.05) is 38.8 Å². The van der Waals surface area contributed by atoms with Gasteiger partial charge < -0.3 is 4.90 Å². The maximum atomic E-state index is 12.3. The molecular formula is C11H21ClN4O2S. The Hall–Kier alpha value is -0.630. The maximum absolute atomic E-state index is 12.3. The molecule has 0 N–H and O–H groups in total. The average Bonchev–Trinajstić information content (AvgIpc) is 2.82. The Labute approximate surface area is 120 Å². The first-order valence-corrected chi connectivity index (χ1v) is 8.05. The van der Waals surface area contributed by atoms with Crippen molar-refractivity contribution < 1.29 is 8.42 Å². The van der Waals surface area contributed by atoms with Gasteiger partial charge in [-0.1, -0.05) is 0 Å². The van der Waals surface area contributed by atoms with Crippen molar-refractivity contribution in [2.24, 2.45) is 0 Å². The van der Waals surface area contributed by atoms with E-state index >= 15 is 0 Å². The average molecular weight is 309 g/mol. The van der Waals surface area contributed by atoms with Gasteiger partial charge in [0.25, 0.3) is 0 Å².